The zero-order chi connectivity index (χ0) is 14.4. The Bertz CT molecular complexity index is 437. The van der Waals surface area contributed by atoms with Crippen molar-refractivity contribution in [1.29, 1.82) is 0 Å². The average molecular weight is 285 g/mol. The van der Waals surface area contributed by atoms with Gasteiger partial charge in [0.15, 0.2) is 0 Å². The molecule has 6 heteroatoms. The Morgan fingerprint density at radius 2 is 2.05 bits per heavy atom. The first kappa shape index (κ1) is 15.7. The van der Waals surface area contributed by atoms with Crippen LogP contribution in [0.25, 0.3) is 0 Å². The molecule has 19 heavy (non-hydrogen) atoms. The molecule has 1 unspecified atom stereocenters. The summed E-state index contributed by atoms with van der Waals surface area (Å²) in [5.74, 6) is 0.752. The molecule has 1 aromatic rings. The fourth-order valence-corrected chi connectivity index (χ4v) is 2.02. The first-order valence-electron chi connectivity index (χ1n) is 6.52. The van der Waals surface area contributed by atoms with Crippen LogP contribution < -0.4 is 10.6 Å². The minimum atomic E-state index is -0.366. The van der Waals surface area contributed by atoms with Crippen LogP contribution in [0.15, 0.2) is 6.33 Å². The molecule has 2 N–H and O–H groups in total. The highest BCUT2D eigenvalue weighted by Gasteiger charge is 2.18. The second-order valence-electron chi connectivity index (χ2n) is 4.74. The van der Waals surface area contributed by atoms with Gasteiger partial charge in [-0.15, -0.1) is 0 Å². The number of nitrogens with zero attached hydrogens (tertiary/aromatic N) is 2. The molecule has 0 bridgehead atoms. The van der Waals surface area contributed by atoms with Gasteiger partial charge >= 0.3 is 0 Å². The van der Waals surface area contributed by atoms with E-state index in [0.29, 0.717) is 17.5 Å². The highest BCUT2D eigenvalue weighted by molar-refractivity contribution is 6.30. The van der Waals surface area contributed by atoms with Gasteiger partial charge in [-0.05, 0) is 19.3 Å². The van der Waals surface area contributed by atoms with Crippen molar-refractivity contribution < 1.29 is 4.79 Å². The van der Waals surface area contributed by atoms with Crippen LogP contribution in [0.4, 0.5) is 5.82 Å². The maximum Gasteiger partial charge on any atom is 0.242 e. The minimum Gasteiger partial charge on any atom is -0.358 e. The smallest absolute Gasteiger partial charge is 0.242 e. The number of hydrogen-bond donors (Lipinski definition) is 2. The minimum absolute atomic E-state index is 0.0497. The maximum absolute atomic E-state index is 11.8. The van der Waals surface area contributed by atoms with E-state index in [-0.39, 0.29) is 17.9 Å². The predicted octanol–water partition coefficient (Wildman–Crippen LogP) is 2.58. The predicted molar refractivity (Wildman–Crippen MR) is 77.5 cm³/mol. The fraction of sp³-hybridized carbons (Fsp3) is 0.615. The molecule has 0 aliphatic rings. The lowest BCUT2D eigenvalue weighted by Crippen LogP contribution is -2.38. The largest absolute Gasteiger partial charge is 0.358 e. The Morgan fingerprint density at radius 3 is 2.63 bits per heavy atom. The molecule has 0 spiro atoms. The maximum atomic E-state index is 11.8. The van der Waals surface area contributed by atoms with Crippen molar-refractivity contribution in [3.63, 3.8) is 0 Å². The van der Waals surface area contributed by atoms with Crippen LogP contribution in [0.2, 0.25) is 5.15 Å². The molecule has 0 aromatic carbocycles. The van der Waals surface area contributed by atoms with Gasteiger partial charge in [-0.3, -0.25) is 4.79 Å². The summed E-state index contributed by atoms with van der Waals surface area (Å²) >= 11 is 6.08. The van der Waals surface area contributed by atoms with Gasteiger partial charge in [0.1, 0.15) is 23.3 Å². The van der Waals surface area contributed by atoms with Crippen LogP contribution in [0.5, 0.6) is 0 Å². The van der Waals surface area contributed by atoms with Gasteiger partial charge in [-0.25, -0.2) is 9.97 Å². The van der Waals surface area contributed by atoms with E-state index in [4.69, 9.17) is 11.6 Å². The van der Waals surface area contributed by atoms with Gasteiger partial charge in [0.2, 0.25) is 5.91 Å². The third kappa shape index (κ3) is 4.35. The van der Waals surface area contributed by atoms with Crippen molar-refractivity contribution in [1.82, 2.24) is 15.3 Å². The first-order chi connectivity index (χ1) is 8.97. The second-order valence-corrected chi connectivity index (χ2v) is 5.10. The third-order valence-electron chi connectivity index (χ3n) is 2.71. The average Bonchev–Trinajstić information content (AvgIpc) is 2.35. The first-order valence-corrected chi connectivity index (χ1v) is 6.89. The van der Waals surface area contributed by atoms with Crippen molar-refractivity contribution in [2.24, 2.45) is 0 Å². The van der Waals surface area contributed by atoms with Crippen molar-refractivity contribution in [2.45, 2.75) is 46.1 Å². The molecular formula is C13H21ClN4O. The second kappa shape index (κ2) is 7.28. The molecule has 0 radical (unpaired) electrons. The van der Waals surface area contributed by atoms with Crippen LogP contribution in [-0.2, 0) is 4.79 Å². The summed E-state index contributed by atoms with van der Waals surface area (Å²) in [7, 11) is 0. The summed E-state index contributed by atoms with van der Waals surface area (Å²) in [6.07, 6.45) is 2.31. The number of amides is 1. The molecule has 0 aliphatic heterocycles. The lowest BCUT2D eigenvalue weighted by atomic mass is 10.1. The van der Waals surface area contributed by atoms with E-state index in [1.165, 1.54) is 6.33 Å². The third-order valence-corrected chi connectivity index (χ3v) is 3.01. The highest BCUT2D eigenvalue weighted by Crippen LogP contribution is 2.28. The molecule has 0 fully saturated rings. The number of nitrogens with one attached hydrogen (secondary N) is 2. The molecule has 1 atom stereocenters. The van der Waals surface area contributed by atoms with Crippen LogP contribution in [-0.4, -0.2) is 28.5 Å². The quantitative estimate of drug-likeness (QED) is 0.788. The van der Waals surface area contributed by atoms with E-state index >= 15 is 0 Å². The number of carbonyl (C=O) groups excluding carboxylic acids is 1. The van der Waals surface area contributed by atoms with E-state index in [9.17, 15) is 4.79 Å². The number of halogens is 1. The van der Waals surface area contributed by atoms with E-state index in [1.54, 1.807) is 6.92 Å². The zero-order valence-electron chi connectivity index (χ0n) is 11.8. The molecule has 1 rings (SSSR count). The highest BCUT2D eigenvalue weighted by atomic mass is 35.5. The number of aromatic nitrogens is 2. The van der Waals surface area contributed by atoms with Crippen LogP contribution in [0.1, 0.15) is 45.6 Å². The van der Waals surface area contributed by atoms with Gasteiger partial charge in [0, 0.05) is 12.1 Å². The summed E-state index contributed by atoms with van der Waals surface area (Å²) in [6, 6.07) is -0.366. The molecule has 1 aromatic heterocycles. The van der Waals surface area contributed by atoms with Gasteiger partial charge in [-0.1, -0.05) is 32.4 Å². The van der Waals surface area contributed by atoms with Crippen molar-refractivity contribution in [3.05, 3.63) is 17.0 Å². The summed E-state index contributed by atoms with van der Waals surface area (Å²) in [5, 5.41) is 6.36. The van der Waals surface area contributed by atoms with Gasteiger partial charge < -0.3 is 10.6 Å². The molecule has 0 saturated carbocycles. The Balaban J connectivity index is 2.82. The Hall–Kier alpha value is -1.36. The SMILES string of the molecule is CCCNC(=O)C(C)Nc1ncnc(Cl)c1C(C)C. The van der Waals surface area contributed by atoms with Crippen LogP contribution in [0.3, 0.4) is 0 Å². The lowest BCUT2D eigenvalue weighted by molar-refractivity contribution is -0.121. The normalized spacial score (nSPS) is 12.3. The van der Waals surface area contributed by atoms with Crippen LogP contribution >= 0.6 is 11.6 Å². The summed E-state index contributed by atoms with van der Waals surface area (Å²) in [4.78, 5) is 20.0. The van der Waals surface area contributed by atoms with E-state index in [2.05, 4.69) is 20.6 Å². The summed E-state index contributed by atoms with van der Waals surface area (Å²) < 4.78 is 0. The molecule has 1 amide bonds. The molecule has 106 valence electrons. The lowest BCUT2D eigenvalue weighted by Gasteiger charge is -2.18. The molecule has 5 nitrogen and oxygen atoms in total. The Labute approximate surface area is 119 Å². The van der Waals surface area contributed by atoms with Gasteiger partial charge in [0.25, 0.3) is 0 Å². The summed E-state index contributed by atoms with van der Waals surface area (Å²) in [5.41, 5.74) is 0.833. The Morgan fingerprint density at radius 1 is 1.37 bits per heavy atom. The summed E-state index contributed by atoms with van der Waals surface area (Å²) in [6.45, 7) is 8.51. The molecule has 0 aliphatic carbocycles. The van der Waals surface area contributed by atoms with Gasteiger partial charge in [-0.2, -0.15) is 0 Å². The standard InChI is InChI=1S/C13H21ClN4O/c1-5-6-15-13(19)9(4)18-12-10(8(2)3)11(14)16-7-17-12/h7-9H,5-6H2,1-4H3,(H,15,19)(H,16,17,18). The van der Waals surface area contributed by atoms with E-state index in [0.717, 1.165) is 12.0 Å². The zero-order valence-corrected chi connectivity index (χ0v) is 12.6. The fourth-order valence-electron chi connectivity index (χ4n) is 1.67. The monoisotopic (exact) mass is 284 g/mol. The van der Waals surface area contributed by atoms with E-state index in [1.807, 2.05) is 20.8 Å². The molecular weight excluding hydrogens is 264 g/mol. The number of rotatable bonds is 6. The van der Waals surface area contributed by atoms with E-state index < -0.39 is 0 Å². The molecule has 0 saturated heterocycles. The topological polar surface area (TPSA) is 66.9 Å². The van der Waals surface area contributed by atoms with Crippen molar-refractivity contribution in [3.8, 4) is 0 Å². The van der Waals surface area contributed by atoms with Crippen molar-refractivity contribution >= 4 is 23.3 Å². The van der Waals surface area contributed by atoms with Gasteiger partial charge in [0.05, 0.1) is 0 Å². The number of anilines is 1. The van der Waals surface area contributed by atoms with Crippen molar-refractivity contribution in [2.75, 3.05) is 11.9 Å². The Kier molecular flexibility index (Phi) is 6.02. The van der Waals surface area contributed by atoms with Crippen LogP contribution in [0, 0.1) is 0 Å². The number of hydrogen-bond acceptors (Lipinski definition) is 4. The number of carbonyl (C=O) groups is 1. The molecule has 1 heterocycles.